The van der Waals surface area contributed by atoms with E-state index in [0.29, 0.717) is 11.3 Å². The monoisotopic (exact) mass is 266 g/mol. The number of carbonyl (C=O) groups excluding carboxylic acids is 1. The molecular weight excluding hydrogens is 248 g/mol. The zero-order valence-electron chi connectivity index (χ0n) is 10.5. The molecule has 0 saturated heterocycles. The van der Waals surface area contributed by atoms with Gasteiger partial charge in [0, 0.05) is 6.42 Å². The Kier molecular flexibility index (Phi) is 3.85. The van der Waals surface area contributed by atoms with E-state index in [4.69, 9.17) is 0 Å². The molecule has 18 heavy (non-hydrogen) atoms. The second kappa shape index (κ2) is 5.22. The SMILES string of the molecule is CC(CC=O)c1ccccc1S(=O)(=O)C1CCC1. The van der Waals surface area contributed by atoms with Crippen LogP contribution in [0.15, 0.2) is 29.2 Å². The molecule has 0 bridgehead atoms. The van der Waals surface area contributed by atoms with Crippen LogP contribution in [0.1, 0.15) is 44.1 Å². The minimum Gasteiger partial charge on any atom is -0.303 e. The van der Waals surface area contributed by atoms with Crippen LogP contribution in [0.3, 0.4) is 0 Å². The lowest BCUT2D eigenvalue weighted by atomic mass is 9.98. The topological polar surface area (TPSA) is 51.2 Å². The van der Waals surface area contributed by atoms with E-state index >= 15 is 0 Å². The number of hydrogen-bond acceptors (Lipinski definition) is 3. The maximum absolute atomic E-state index is 12.5. The summed E-state index contributed by atoms with van der Waals surface area (Å²) >= 11 is 0. The standard InChI is InChI=1S/C14H18O3S/c1-11(9-10-15)13-7-2-3-8-14(13)18(16,17)12-5-4-6-12/h2-3,7-8,10-12H,4-6,9H2,1H3. The van der Waals surface area contributed by atoms with Gasteiger partial charge in [0.2, 0.25) is 0 Å². The number of aldehydes is 1. The molecule has 1 unspecified atom stereocenters. The molecule has 0 aliphatic heterocycles. The molecule has 0 amide bonds. The Hall–Kier alpha value is -1.16. The molecule has 1 fully saturated rings. The number of sulfone groups is 1. The van der Waals surface area contributed by atoms with Crippen molar-refractivity contribution in [1.82, 2.24) is 0 Å². The average Bonchev–Trinajstić information content (AvgIpc) is 2.26. The van der Waals surface area contributed by atoms with Crippen LogP contribution in [0.5, 0.6) is 0 Å². The number of hydrogen-bond donors (Lipinski definition) is 0. The highest BCUT2D eigenvalue weighted by molar-refractivity contribution is 7.92. The van der Waals surface area contributed by atoms with Crippen LogP contribution >= 0.6 is 0 Å². The molecule has 0 radical (unpaired) electrons. The predicted molar refractivity (Wildman–Crippen MR) is 70.4 cm³/mol. The lowest BCUT2D eigenvalue weighted by Crippen LogP contribution is -2.29. The van der Waals surface area contributed by atoms with Crippen molar-refractivity contribution in [2.24, 2.45) is 0 Å². The Balaban J connectivity index is 2.41. The van der Waals surface area contributed by atoms with Crippen molar-refractivity contribution in [3.8, 4) is 0 Å². The summed E-state index contributed by atoms with van der Waals surface area (Å²) < 4.78 is 24.9. The van der Waals surface area contributed by atoms with Gasteiger partial charge in [-0.25, -0.2) is 8.42 Å². The van der Waals surface area contributed by atoms with Gasteiger partial charge in [-0.15, -0.1) is 0 Å². The molecule has 1 aliphatic rings. The van der Waals surface area contributed by atoms with E-state index in [1.807, 2.05) is 19.1 Å². The lowest BCUT2D eigenvalue weighted by Gasteiger charge is -2.27. The first-order valence-electron chi connectivity index (χ1n) is 6.34. The van der Waals surface area contributed by atoms with Crippen molar-refractivity contribution in [3.05, 3.63) is 29.8 Å². The van der Waals surface area contributed by atoms with Gasteiger partial charge in [0.25, 0.3) is 0 Å². The molecule has 1 aliphatic carbocycles. The smallest absolute Gasteiger partial charge is 0.181 e. The van der Waals surface area contributed by atoms with E-state index in [2.05, 4.69) is 0 Å². The van der Waals surface area contributed by atoms with E-state index in [1.165, 1.54) is 0 Å². The van der Waals surface area contributed by atoms with Crippen LogP contribution < -0.4 is 0 Å². The number of benzene rings is 1. The van der Waals surface area contributed by atoms with E-state index in [1.54, 1.807) is 12.1 Å². The Bertz CT molecular complexity index is 530. The summed E-state index contributed by atoms with van der Waals surface area (Å²) in [6, 6.07) is 7.07. The van der Waals surface area contributed by atoms with Gasteiger partial charge >= 0.3 is 0 Å². The highest BCUT2D eigenvalue weighted by atomic mass is 32.2. The lowest BCUT2D eigenvalue weighted by molar-refractivity contribution is -0.108. The minimum absolute atomic E-state index is 0.0476. The predicted octanol–water partition coefficient (Wildman–Crippen LogP) is 2.71. The van der Waals surface area contributed by atoms with Crippen LogP contribution in [0.25, 0.3) is 0 Å². The Morgan fingerprint density at radius 2 is 2.00 bits per heavy atom. The zero-order chi connectivity index (χ0) is 13.2. The second-order valence-corrected chi connectivity index (χ2v) is 7.14. The fourth-order valence-electron chi connectivity index (χ4n) is 2.28. The van der Waals surface area contributed by atoms with Crippen molar-refractivity contribution in [1.29, 1.82) is 0 Å². The van der Waals surface area contributed by atoms with Gasteiger partial charge in [0.15, 0.2) is 9.84 Å². The van der Waals surface area contributed by atoms with Crippen molar-refractivity contribution >= 4 is 16.1 Å². The van der Waals surface area contributed by atoms with Crippen LogP contribution in [0.2, 0.25) is 0 Å². The molecule has 1 atom stereocenters. The van der Waals surface area contributed by atoms with Crippen LogP contribution in [-0.4, -0.2) is 20.0 Å². The first-order chi connectivity index (χ1) is 8.57. The number of carbonyl (C=O) groups is 1. The van der Waals surface area contributed by atoms with Gasteiger partial charge in [0.05, 0.1) is 10.1 Å². The van der Waals surface area contributed by atoms with Gasteiger partial charge in [0.1, 0.15) is 6.29 Å². The van der Waals surface area contributed by atoms with Crippen molar-refractivity contribution < 1.29 is 13.2 Å². The molecule has 0 aromatic heterocycles. The molecule has 1 aromatic rings. The first kappa shape index (κ1) is 13.3. The van der Waals surface area contributed by atoms with Gasteiger partial charge in [-0.3, -0.25) is 0 Å². The Labute approximate surface area is 108 Å². The molecule has 2 rings (SSSR count). The largest absolute Gasteiger partial charge is 0.303 e. The number of rotatable bonds is 5. The van der Waals surface area contributed by atoms with Gasteiger partial charge in [-0.2, -0.15) is 0 Å². The van der Waals surface area contributed by atoms with E-state index in [-0.39, 0.29) is 11.2 Å². The third-order valence-electron chi connectivity index (χ3n) is 3.70. The summed E-state index contributed by atoms with van der Waals surface area (Å²) in [7, 11) is -3.21. The van der Waals surface area contributed by atoms with Crippen molar-refractivity contribution in [3.63, 3.8) is 0 Å². The molecule has 0 N–H and O–H groups in total. The zero-order valence-corrected chi connectivity index (χ0v) is 11.3. The van der Waals surface area contributed by atoms with Crippen LogP contribution in [-0.2, 0) is 14.6 Å². The summed E-state index contributed by atoms with van der Waals surface area (Å²) in [5, 5.41) is -0.220. The fraction of sp³-hybridized carbons (Fsp3) is 0.500. The molecule has 1 aromatic carbocycles. The maximum Gasteiger partial charge on any atom is 0.181 e. The normalized spacial score (nSPS) is 18.1. The summed E-state index contributed by atoms with van der Waals surface area (Å²) in [4.78, 5) is 11.0. The molecule has 3 nitrogen and oxygen atoms in total. The first-order valence-corrected chi connectivity index (χ1v) is 7.88. The third-order valence-corrected chi connectivity index (χ3v) is 6.03. The molecule has 4 heteroatoms. The third kappa shape index (κ3) is 2.34. The summed E-state index contributed by atoms with van der Waals surface area (Å²) in [6.07, 6.45) is 3.72. The Morgan fingerprint density at radius 1 is 1.33 bits per heavy atom. The van der Waals surface area contributed by atoms with Gasteiger partial charge < -0.3 is 4.79 Å². The fourth-order valence-corrected chi connectivity index (χ4v) is 4.46. The average molecular weight is 266 g/mol. The van der Waals surface area contributed by atoms with Crippen LogP contribution in [0, 0.1) is 0 Å². The molecule has 0 heterocycles. The molecular formula is C14H18O3S. The van der Waals surface area contributed by atoms with Crippen molar-refractivity contribution in [2.45, 2.75) is 48.7 Å². The minimum atomic E-state index is -3.21. The Morgan fingerprint density at radius 3 is 2.56 bits per heavy atom. The molecule has 0 spiro atoms. The summed E-state index contributed by atoms with van der Waals surface area (Å²) in [5.74, 6) is -0.0476. The van der Waals surface area contributed by atoms with E-state index < -0.39 is 9.84 Å². The van der Waals surface area contributed by atoms with Gasteiger partial charge in [-0.1, -0.05) is 31.5 Å². The van der Waals surface area contributed by atoms with E-state index in [0.717, 1.165) is 31.1 Å². The maximum atomic E-state index is 12.5. The second-order valence-electron chi connectivity index (χ2n) is 4.94. The quantitative estimate of drug-likeness (QED) is 0.770. The molecule has 1 saturated carbocycles. The highest BCUT2D eigenvalue weighted by Crippen LogP contribution is 2.35. The van der Waals surface area contributed by atoms with E-state index in [9.17, 15) is 13.2 Å². The summed E-state index contributed by atoms with van der Waals surface area (Å²) in [5.41, 5.74) is 0.775. The van der Waals surface area contributed by atoms with Crippen LogP contribution in [0.4, 0.5) is 0 Å². The highest BCUT2D eigenvalue weighted by Gasteiger charge is 2.34. The summed E-state index contributed by atoms with van der Waals surface area (Å²) in [6.45, 7) is 1.89. The molecule has 98 valence electrons. The van der Waals surface area contributed by atoms with Gasteiger partial charge in [-0.05, 0) is 30.4 Å². The van der Waals surface area contributed by atoms with Crippen molar-refractivity contribution in [2.75, 3.05) is 0 Å².